The number of halogens is 4. The zero-order chi connectivity index (χ0) is 24.8. The molecule has 1 N–H and O–H groups in total. The molecule has 0 saturated heterocycles. The van der Waals surface area contributed by atoms with E-state index in [0.717, 1.165) is 23.4 Å². The van der Waals surface area contributed by atoms with Gasteiger partial charge in [0.25, 0.3) is 0 Å². The van der Waals surface area contributed by atoms with E-state index < -0.39 is 6.36 Å². The monoisotopic (exact) mass is 518 g/mol. The van der Waals surface area contributed by atoms with E-state index in [1.165, 1.54) is 23.9 Å². The first-order valence-electron chi connectivity index (χ1n) is 10.3. The summed E-state index contributed by atoms with van der Waals surface area (Å²) in [6.45, 7) is 0. The molecule has 0 bridgehead atoms. The Morgan fingerprint density at radius 3 is 2.31 bits per heavy atom. The maximum atomic E-state index is 12.5. The number of rotatable bonds is 8. The quantitative estimate of drug-likeness (QED) is 0.284. The Balaban J connectivity index is 1.46. The number of amides is 1. The van der Waals surface area contributed by atoms with Crippen molar-refractivity contribution in [2.45, 2.75) is 17.9 Å². The van der Waals surface area contributed by atoms with Crippen LogP contribution < -0.4 is 10.1 Å². The Kier molecular flexibility index (Phi) is 7.62. The van der Waals surface area contributed by atoms with Crippen LogP contribution >= 0.6 is 23.4 Å². The highest BCUT2D eigenvalue weighted by atomic mass is 35.5. The fraction of sp³-hybridized carbons (Fsp3) is 0.125. The normalized spacial score (nSPS) is 11.3. The lowest BCUT2D eigenvalue weighted by atomic mass is 10.1. The SMILES string of the molecule is O=C(CSc1nnc(Cc2ccccc2)n1-c1ccc(Cl)cc1)Nc1ccc(OC(F)(F)F)cc1. The van der Waals surface area contributed by atoms with Crippen molar-refractivity contribution in [3.8, 4) is 11.4 Å². The van der Waals surface area contributed by atoms with Crippen LogP contribution in [0.4, 0.5) is 18.9 Å². The summed E-state index contributed by atoms with van der Waals surface area (Å²) in [4.78, 5) is 12.5. The van der Waals surface area contributed by atoms with Crippen LogP contribution in [0.3, 0.4) is 0 Å². The molecule has 3 aromatic carbocycles. The fourth-order valence-electron chi connectivity index (χ4n) is 3.20. The van der Waals surface area contributed by atoms with Crippen LogP contribution in [0.25, 0.3) is 5.69 Å². The van der Waals surface area contributed by atoms with Gasteiger partial charge in [-0.25, -0.2) is 0 Å². The van der Waals surface area contributed by atoms with E-state index in [9.17, 15) is 18.0 Å². The van der Waals surface area contributed by atoms with Crippen molar-refractivity contribution in [1.82, 2.24) is 14.8 Å². The number of anilines is 1. The van der Waals surface area contributed by atoms with Crippen LogP contribution in [0.1, 0.15) is 11.4 Å². The standard InChI is InChI=1S/C24H18ClF3N4O2S/c25-17-6-10-19(11-7-17)32-21(14-16-4-2-1-3-5-16)30-31-23(32)35-15-22(33)29-18-8-12-20(13-9-18)34-24(26,27)28/h1-13H,14-15H2,(H,29,33). The third kappa shape index (κ3) is 7.00. The maximum absolute atomic E-state index is 12.5. The molecule has 1 aromatic heterocycles. The second-order valence-corrected chi connectivity index (χ2v) is 8.66. The highest BCUT2D eigenvalue weighted by Gasteiger charge is 2.31. The van der Waals surface area contributed by atoms with Crippen LogP contribution in [0.15, 0.2) is 84.0 Å². The van der Waals surface area contributed by atoms with Gasteiger partial charge in [0.2, 0.25) is 5.91 Å². The molecule has 0 aliphatic rings. The molecule has 1 heterocycles. The number of carbonyl (C=O) groups excluding carboxylic acids is 1. The molecular weight excluding hydrogens is 501 g/mol. The third-order valence-corrected chi connectivity index (χ3v) is 5.88. The van der Waals surface area contributed by atoms with Crippen molar-refractivity contribution in [3.05, 3.63) is 95.3 Å². The van der Waals surface area contributed by atoms with Gasteiger partial charge in [0.05, 0.1) is 5.75 Å². The van der Waals surface area contributed by atoms with Gasteiger partial charge in [-0.2, -0.15) is 0 Å². The molecule has 0 fully saturated rings. The molecule has 0 unspecified atom stereocenters. The molecule has 0 atom stereocenters. The lowest BCUT2D eigenvalue weighted by Gasteiger charge is -2.11. The van der Waals surface area contributed by atoms with E-state index in [1.807, 2.05) is 47.0 Å². The van der Waals surface area contributed by atoms with Gasteiger partial charge in [-0.1, -0.05) is 53.7 Å². The van der Waals surface area contributed by atoms with Crippen molar-refractivity contribution < 1.29 is 22.7 Å². The van der Waals surface area contributed by atoms with Gasteiger partial charge in [0.1, 0.15) is 11.6 Å². The van der Waals surface area contributed by atoms with E-state index in [1.54, 1.807) is 12.1 Å². The minimum atomic E-state index is -4.78. The van der Waals surface area contributed by atoms with Gasteiger partial charge in [-0.05, 0) is 54.1 Å². The Hall–Kier alpha value is -3.50. The van der Waals surface area contributed by atoms with Gasteiger partial charge >= 0.3 is 6.36 Å². The number of alkyl halides is 3. The lowest BCUT2D eigenvalue weighted by molar-refractivity contribution is -0.274. The summed E-state index contributed by atoms with van der Waals surface area (Å²) in [6.07, 6.45) is -4.24. The van der Waals surface area contributed by atoms with Crippen molar-refractivity contribution in [2.75, 3.05) is 11.1 Å². The first-order chi connectivity index (χ1) is 16.8. The molecule has 0 aliphatic carbocycles. The van der Waals surface area contributed by atoms with Gasteiger partial charge in [-0.15, -0.1) is 23.4 Å². The summed E-state index contributed by atoms with van der Waals surface area (Å²) in [5.74, 6) is -0.0129. The first kappa shape index (κ1) is 24.6. The minimum absolute atomic E-state index is 0.0118. The average Bonchev–Trinajstić information content (AvgIpc) is 3.21. The fourth-order valence-corrected chi connectivity index (χ4v) is 4.10. The number of benzene rings is 3. The second-order valence-electron chi connectivity index (χ2n) is 7.28. The summed E-state index contributed by atoms with van der Waals surface area (Å²) in [5, 5.41) is 12.4. The molecule has 0 saturated carbocycles. The van der Waals surface area contributed by atoms with Crippen molar-refractivity contribution in [2.24, 2.45) is 0 Å². The zero-order valence-electron chi connectivity index (χ0n) is 18.0. The summed E-state index contributed by atoms with van der Waals surface area (Å²) >= 11 is 7.23. The van der Waals surface area contributed by atoms with Gasteiger partial charge < -0.3 is 10.1 Å². The van der Waals surface area contributed by atoms with Gasteiger partial charge in [0, 0.05) is 22.8 Å². The number of hydrogen-bond acceptors (Lipinski definition) is 5. The molecule has 0 aliphatic heterocycles. The third-order valence-electron chi connectivity index (χ3n) is 4.69. The molecule has 4 aromatic rings. The topological polar surface area (TPSA) is 69.0 Å². The average molecular weight is 519 g/mol. The predicted octanol–water partition coefficient (Wildman–Crippen LogP) is 6.14. The number of ether oxygens (including phenoxy) is 1. The highest BCUT2D eigenvalue weighted by Crippen LogP contribution is 2.26. The molecule has 35 heavy (non-hydrogen) atoms. The Bertz CT molecular complexity index is 1280. The van der Waals surface area contributed by atoms with E-state index in [-0.39, 0.29) is 17.4 Å². The largest absolute Gasteiger partial charge is 0.573 e. The van der Waals surface area contributed by atoms with Crippen molar-refractivity contribution in [1.29, 1.82) is 0 Å². The lowest BCUT2D eigenvalue weighted by Crippen LogP contribution is -2.17. The highest BCUT2D eigenvalue weighted by molar-refractivity contribution is 7.99. The molecule has 6 nitrogen and oxygen atoms in total. The molecular formula is C24H18ClF3N4O2S. The van der Waals surface area contributed by atoms with E-state index in [4.69, 9.17) is 11.6 Å². The summed E-state index contributed by atoms with van der Waals surface area (Å²) in [7, 11) is 0. The minimum Gasteiger partial charge on any atom is -0.406 e. The van der Waals surface area contributed by atoms with E-state index >= 15 is 0 Å². The maximum Gasteiger partial charge on any atom is 0.573 e. The zero-order valence-corrected chi connectivity index (χ0v) is 19.6. The second kappa shape index (κ2) is 10.8. The van der Waals surface area contributed by atoms with Crippen LogP contribution in [0.2, 0.25) is 5.02 Å². The molecule has 0 spiro atoms. The molecule has 180 valence electrons. The van der Waals surface area contributed by atoms with Gasteiger partial charge in [-0.3, -0.25) is 9.36 Å². The Morgan fingerprint density at radius 1 is 0.971 bits per heavy atom. The number of aromatic nitrogens is 3. The first-order valence-corrected chi connectivity index (χ1v) is 11.7. The number of nitrogens with zero attached hydrogens (tertiary/aromatic N) is 3. The van der Waals surface area contributed by atoms with Crippen LogP contribution in [0.5, 0.6) is 5.75 Å². The van der Waals surface area contributed by atoms with Crippen LogP contribution in [-0.4, -0.2) is 32.8 Å². The summed E-state index contributed by atoms with van der Waals surface area (Å²) < 4.78 is 42.6. The number of carbonyl (C=O) groups is 1. The van der Waals surface area contributed by atoms with Crippen molar-refractivity contribution >= 4 is 35.0 Å². The Morgan fingerprint density at radius 2 is 1.66 bits per heavy atom. The molecule has 0 radical (unpaired) electrons. The summed E-state index contributed by atoms with van der Waals surface area (Å²) in [5.41, 5.74) is 2.20. The summed E-state index contributed by atoms with van der Waals surface area (Å²) in [6, 6.07) is 21.9. The molecule has 1 amide bonds. The van der Waals surface area contributed by atoms with Crippen molar-refractivity contribution in [3.63, 3.8) is 0 Å². The number of nitrogens with one attached hydrogen (secondary N) is 1. The van der Waals surface area contributed by atoms with Gasteiger partial charge in [0.15, 0.2) is 5.16 Å². The molecule has 11 heteroatoms. The molecule has 4 rings (SSSR count). The predicted molar refractivity (Wildman–Crippen MR) is 128 cm³/mol. The number of thioether (sulfide) groups is 1. The number of hydrogen-bond donors (Lipinski definition) is 1. The van der Waals surface area contributed by atoms with Crippen LogP contribution in [0, 0.1) is 0 Å². The van der Waals surface area contributed by atoms with Crippen LogP contribution in [-0.2, 0) is 11.2 Å². The smallest absolute Gasteiger partial charge is 0.406 e. The van der Waals surface area contributed by atoms with E-state index in [2.05, 4.69) is 20.3 Å². The van der Waals surface area contributed by atoms with E-state index in [0.29, 0.717) is 28.1 Å². The Labute approximate surface area is 208 Å².